The molecule has 3 aromatic rings. The van der Waals surface area contributed by atoms with Gasteiger partial charge in [-0.25, -0.2) is 0 Å². The van der Waals surface area contributed by atoms with Crippen LogP contribution in [0.3, 0.4) is 0 Å². The Labute approximate surface area is 152 Å². The minimum Gasteiger partial charge on any atom is -0.322 e. The summed E-state index contributed by atoms with van der Waals surface area (Å²) in [5.74, 6) is -0.111. The van der Waals surface area contributed by atoms with E-state index in [4.69, 9.17) is 0 Å². The summed E-state index contributed by atoms with van der Waals surface area (Å²) in [4.78, 5) is 17.3. The lowest BCUT2D eigenvalue weighted by molar-refractivity contribution is 0.102. The number of H-pyrrole nitrogens is 1. The first-order chi connectivity index (χ1) is 12.7. The summed E-state index contributed by atoms with van der Waals surface area (Å²) in [6.45, 7) is 5.40. The number of piperazine rings is 1. The second-order valence-corrected chi connectivity index (χ2v) is 6.90. The van der Waals surface area contributed by atoms with Crippen molar-refractivity contribution >= 4 is 22.5 Å². The molecule has 2 N–H and O–H groups in total. The van der Waals surface area contributed by atoms with E-state index in [0.29, 0.717) is 5.56 Å². The number of likely N-dealkylation sites (N-methyl/N-ethyl adjacent to an activating group) is 1. The molecule has 4 rings (SSSR count). The first-order valence-corrected chi connectivity index (χ1v) is 8.92. The minimum atomic E-state index is -0.111. The van der Waals surface area contributed by atoms with Gasteiger partial charge in [0.15, 0.2) is 0 Å². The Balaban J connectivity index is 1.38. The molecule has 0 aliphatic carbocycles. The van der Waals surface area contributed by atoms with E-state index in [2.05, 4.69) is 44.5 Å². The molecule has 134 valence electrons. The Morgan fingerprint density at radius 1 is 1.12 bits per heavy atom. The van der Waals surface area contributed by atoms with Gasteiger partial charge in [-0.15, -0.1) is 0 Å². The van der Waals surface area contributed by atoms with Crippen LogP contribution in [0.5, 0.6) is 0 Å². The molecule has 0 saturated carbocycles. The number of hydrogen-bond acceptors (Lipinski definition) is 4. The lowest BCUT2D eigenvalue weighted by Gasteiger charge is -2.32. The second-order valence-electron chi connectivity index (χ2n) is 6.90. The predicted octanol–water partition coefficient (Wildman–Crippen LogP) is 2.56. The lowest BCUT2D eigenvalue weighted by atomic mass is 10.1. The molecule has 6 nitrogen and oxygen atoms in total. The summed E-state index contributed by atoms with van der Waals surface area (Å²) >= 11 is 0. The van der Waals surface area contributed by atoms with Crippen LogP contribution in [0.4, 0.5) is 5.69 Å². The number of hydrogen-bond donors (Lipinski definition) is 2. The van der Waals surface area contributed by atoms with Gasteiger partial charge in [-0.1, -0.05) is 12.1 Å². The van der Waals surface area contributed by atoms with Gasteiger partial charge in [-0.2, -0.15) is 5.10 Å². The molecule has 0 bridgehead atoms. The first kappa shape index (κ1) is 16.8. The largest absolute Gasteiger partial charge is 0.322 e. The van der Waals surface area contributed by atoms with Gasteiger partial charge in [0.05, 0.1) is 11.7 Å². The summed E-state index contributed by atoms with van der Waals surface area (Å²) < 4.78 is 0. The smallest absolute Gasteiger partial charge is 0.255 e. The summed E-state index contributed by atoms with van der Waals surface area (Å²) in [6, 6.07) is 13.6. The maximum atomic E-state index is 12.5. The number of nitrogens with one attached hydrogen (secondary N) is 2. The van der Waals surface area contributed by atoms with Crippen LogP contribution in [0, 0.1) is 0 Å². The Kier molecular flexibility index (Phi) is 4.69. The van der Waals surface area contributed by atoms with Crippen molar-refractivity contribution in [2.24, 2.45) is 0 Å². The van der Waals surface area contributed by atoms with Gasteiger partial charge in [-0.05, 0) is 42.9 Å². The van der Waals surface area contributed by atoms with Gasteiger partial charge in [0, 0.05) is 49.4 Å². The van der Waals surface area contributed by atoms with E-state index in [-0.39, 0.29) is 5.91 Å². The maximum absolute atomic E-state index is 12.5. The number of nitrogens with zero attached hydrogens (tertiary/aromatic N) is 3. The number of rotatable bonds is 4. The average Bonchev–Trinajstić information content (AvgIpc) is 3.13. The summed E-state index contributed by atoms with van der Waals surface area (Å²) in [5.41, 5.74) is 3.63. The maximum Gasteiger partial charge on any atom is 0.255 e. The van der Waals surface area contributed by atoms with Crippen LogP contribution in [-0.4, -0.2) is 59.1 Å². The second kappa shape index (κ2) is 7.27. The summed E-state index contributed by atoms with van der Waals surface area (Å²) in [6.07, 6.45) is 1.72. The summed E-state index contributed by atoms with van der Waals surface area (Å²) in [5, 5.41) is 10.8. The van der Waals surface area contributed by atoms with Gasteiger partial charge < -0.3 is 10.2 Å². The quantitative estimate of drug-likeness (QED) is 0.760. The van der Waals surface area contributed by atoms with E-state index in [1.807, 2.05) is 24.3 Å². The van der Waals surface area contributed by atoms with Gasteiger partial charge in [0.2, 0.25) is 0 Å². The van der Waals surface area contributed by atoms with E-state index >= 15 is 0 Å². The highest BCUT2D eigenvalue weighted by Crippen LogP contribution is 2.16. The molecule has 0 radical (unpaired) electrons. The number of aromatic amines is 1. The van der Waals surface area contributed by atoms with Crippen LogP contribution in [0.15, 0.2) is 48.7 Å². The zero-order valence-corrected chi connectivity index (χ0v) is 14.9. The number of amides is 1. The van der Waals surface area contributed by atoms with E-state index in [1.54, 1.807) is 12.3 Å². The first-order valence-electron chi connectivity index (χ1n) is 8.92. The van der Waals surface area contributed by atoms with E-state index in [1.165, 1.54) is 5.56 Å². The van der Waals surface area contributed by atoms with Gasteiger partial charge in [0.25, 0.3) is 5.91 Å². The molecule has 1 saturated heterocycles. The molecule has 1 fully saturated rings. The van der Waals surface area contributed by atoms with Crippen molar-refractivity contribution in [2.45, 2.75) is 6.54 Å². The molecule has 1 aliphatic heterocycles. The number of carbonyl (C=O) groups excluding carboxylic acids is 1. The Hall–Kier alpha value is -2.70. The van der Waals surface area contributed by atoms with Crippen molar-refractivity contribution < 1.29 is 4.79 Å². The van der Waals surface area contributed by atoms with E-state index in [0.717, 1.165) is 49.3 Å². The Morgan fingerprint density at radius 3 is 2.65 bits per heavy atom. The minimum absolute atomic E-state index is 0.111. The number of anilines is 1. The predicted molar refractivity (Wildman–Crippen MR) is 103 cm³/mol. The van der Waals surface area contributed by atoms with Crippen LogP contribution >= 0.6 is 0 Å². The highest BCUT2D eigenvalue weighted by atomic mass is 16.1. The molecular weight excluding hydrogens is 326 g/mol. The van der Waals surface area contributed by atoms with Crippen LogP contribution in [0.1, 0.15) is 15.9 Å². The van der Waals surface area contributed by atoms with Crippen LogP contribution in [-0.2, 0) is 6.54 Å². The van der Waals surface area contributed by atoms with Gasteiger partial charge in [0.1, 0.15) is 0 Å². The fourth-order valence-corrected chi connectivity index (χ4v) is 3.24. The molecule has 0 unspecified atom stereocenters. The van der Waals surface area contributed by atoms with Crippen molar-refractivity contribution in [3.8, 4) is 0 Å². The molecule has 2 heterocycles. The van der Waals surface area contributed by atoms with Crippen LogP contribution in [0.25, 0.3) is 10.9 Å². The molecule has 1 amide bonds. The van der Waals surface area contributed by atoms with Crippen molar-refractivity contribution in [3.63, 3.8) is 0 Å². The molecule has 2 aromatic carbocycles. The molecule has 1 aromatic heterocycles. The van der Waals surface area contributed by atoms with Gasteiger partial charge in [-0.3, -0.25) is 14.8 Å². The normalized spacial score (nSPS) is 16.0. The summed E-state index contributed by atoms with van der Waals surface area (Å²) in [7, 11) is 2.17. The highest BCUT2D eigenvalue weighted by Gasteiger charge is 2.14. The molecule has 6 heteroatoms. The topological polar surface area (TPSA) is 64.3 Å². The zero-order valence-electron chi connectivity index (χ0n) is 14.9. The van der Waals surface area contributed by atoms with Crippen LogP contribution in [0.2, 0.25) is 0 Å². The zero-order chi connectivity index (χ0) is 17.9. The standard InChI is InChI=1S/C20H23N5O/c1-24-8-10-25(11-9-24)14-15-2-5-18(6-3-15)22-20(26)16-4-7-19-17(12-16)13-21-23-19/h2-7,12-13H,8-11,14H2,1H3,(H,21,23)(H,22,26). The molecule has 1 aliphatic rings. The Bertz CT molecular complexity index is 894. The molecule has 26 heavy (non-hydrogen) atoms. The van der Waals surface area contributed by atoms with Crippen molar-refractivity contribution in [1.29, 1.82) is 0 Å². The SMILES string of the molecule is CN1CCN(Cc2ccc(NC(=O)c3ccc4[nH]ncc4c3)cc2)CC1. The van der Waals surface area contributed by atoms with Crippen molar-refractivity contribution in [1.82, 2.24) is 20.0 Å². The third-order valence-corrected chi connectivity index (χ3v) is 4.92. The fourth-order valence-electron chi connectivity index (χ4n) is 3.24. The van der Waals surface area contributed by atoms with E-state index in [9.17, 15) is 4.79 Å². The van der Waals surface area contributed by atoms with Gasteiger partial charge >= 0.3 is 0 Å². The van der Waals surface area contributed by atoms with E-state index < -0.39 is 0 Å². The number of fused-ring (bicyclic) bond motifs is 1. The fraction of sp³-hybridized carbons (Fsp3) is 0.300. The molecular formula is C20H23N5O. The Morgan fingerprint density at radius 2 is 1.88 bits per heavy atom. The average molecular weight is 349 g/mol. The molecule has 0 spiro atoms. The molecule has 0 atom stereocenters. The monoisotopic (exact) mass is 349 g/mol. The highest BCUT2D eigenvalue weighted by molar-refractivity contribution is 6.06. The lowest BCUT2D eigenvalue weighted by Crippen LogP contribution is -2.43. The number of carbonyl (C=O) groups is 1. The third kappa shape index (κ3) is 3.76. The number of benzene rings is 2. The van der Waals surface area contributed by atoms with Crippen LogP contribution < -0.4 is 5.32 Å². The third-order valence-electron chi connectivity index (χ3n) is 4.92. The van der Waals surface area contributed by atoms with Crippen molar-refractivity contribution in [2.75, 3.05) is 38.5 Å². The number of aromatic nitrogens is 2. The van der Waals surface area contributed by atoms with Crippen molar-refractivity contribution in [3.05, 3.63) is 59.8 Å².